The van der Waals surface area contributed by atoms with Crippen LogP contribution in [0.3, 0.4) is 0 Å². The fraction of sp³-hybridized carbons (Fsp3) is 0.200. The number of nitriles is 1. The monoisotopic (exact) mass is 255 g/mol. The zero-order valence-electron chi connectivity index (χ0n) is 10.7. The number of hydrogen-bond acceptors (Lipinski definition) is 3. The van der Waals surface area contributed by atoms with E-state index < -0.39 is 0 Å². The summed E-state index contributed by atoms with van der Waals surface area (Å²) in [4.78, 5) is 4.26. The third-order valence-electron chi connectivity index (χ3n) is 2.90. The molecule has 0 atom stereocenters. The molecule has 0 aliphatic rings. The van der Waals surface area contributed by atoms with E-state index >= 15 is 0 Å². The molecule has 1 heterocycles. The number of rotatable bonds is 4. The third-order valence-corrected chi connectivity index (χ3v) is 2.90. The summed E-state index contributed by atoms with van der Waals surface area (Å²) in [7, 11) is 0. The Labute approximate surface area is 111 Å². The minimum absolute atomic E-state index is 0.302. The molecule has 1 aromatic heterocycles. The van der Waals surface area contributed by atoms with Crippen LogP contribution in [-0.4, -0.2) is 4.98 Å². The normalized spacial score (nSPS) is 10.2. The lowest BCUT2D eigenvalue weighted by atomic mass is 10.1. The maximum Gasteiger partial charge on any atom is 0.127 e. The van der Waals surface area contributed by atoms with Crippen LogP contribution in [0.25, 0.3) is 0 Å². The van der Waals surface area contributed by atoms with E-state index in [1.165, 1.54) is 12.1 Å². The molecular weight excluding hydrogens is 241 g/mol. The molecule has 1 N–H and O–H groups in total. The summed E-state index contributed by atoms with van der Waals surface area (Å²) in [6.45, 7) is 2.93. The Balaban J connectivity index is 2.00. The highest BCUT2D eigenvalue weighted by Crippen LogP contribution is 2.10. The molecule has 1 aromatic carbocycles. The highest BCUT2D eigenvalue weighted by molar-refractivity contribution is 5.33. The summed E-state index contributed by atoms with van der Waals surface area (Å²) in [5.41, 5.74) is 3.00. The van der Waals surface area contributed by atoms with Gasteiger partial charge in [0.2, 0.25) is 0 Å². The summed E-state index contributed by atoms with van der Waals surface area (Å²) in [6, 6.07) is 10.2. The number of aromatic nitrogens is 1. The molecule has 0 radical (unpaired) electrons. The number of nitrogens with one attached hydrogen (secondary N) is 1. The van der Waals surface area contributed by atoms with Crippen molar-refractivity contribution in [3.63, 3.8) is 0 Å². The van der Waals surface area contributed by atoms with E-state index in [1.54, 1.807) is 12.3 Å². The van der Waals surface area contributed by atoms with Gasteiger partial charge in [-0.1, -0.05) is 6.07 Å². The van der Waals surface area contributed by atoms with E-state index in [0.29, 0.717) is 24.2 Å². The first-order valence-corrected chi connectivity index (χ1v) is 6.00. The first-order valence-electron chi connectivity index (χ1n) is 6.00. The van der Waals surface area contributed by atoms with Crippen molar-refractivity contribution in [1.29, 1.82) is 5.26 Å². The van der Waals surface area contributed by atoms with Crippen LogP contribution in [-0.2, 0) is 13.1 Å². The summed E-state index contributed by atoms with van der Waals surface area (Å²) in [5, 5.41) is 11.9. The van der Waals surface area contributed by atoms with Crippen LogP contribution in [0.5, 0.6) is 0 Å². The van der Waals surface area contributed by atoms with Crippen LogP contribution in [0.1, 0.15) is 22.4 Å². The molecule has 0 saturated carbocycles. The number of aryl methyl sites for hydroxylation is 1. The molecule has 2 rings (SSSR count). The van der Waals surface area contributed by atoms with Gasteiger partial charge < -0.3 is 5.32 Å². The van der Waals surface area contributed by atoms with Gasteiger partial charge in [-0.05, 0) is 36.8 Å². The second-order valence-corrected chi connectivity index (χ2v) is 4.29. The van der Waals surface area contributed by atoms with Gasteiger partial charge in [-0.2, -0.15) is 5.26 Å². The van der Waals surface area contributed by atoms with Gasteiger partial charge in [0.15, 0.2) is 0 Å². The Morgan fingerprint density at radius 2 is 2.16 bits per heavy atom. The second kappa shape index (κ2) is 6.07. The molecular formula is C15H14FN3. The number of benzene rings is 1. The molecule has 0 bridgehead atoms. The quantitative estimate of drug-likeness (QED) is 0.913. The number of pyridine rings is 1. The molecule has 2 aromatic rings. The minimum atomic E-state index is -0.302. The lowest BCUT2D eigenvalue weighted by molar-refractivity contribution is 0.585. The largest absolute Gasteiger partial charge is 0.307 e. The van der Waals surface area contributed by atoms with Gasteiger partial charge in [-0.3, -0.25) is 4.98 Å². The fourth-order valence-electron chi connectivity index (χ4n) is 1.80. The summed E-state index contributed by atoms with van der Waals surface area (Å²) < 4.78 is 13.5. The Kier molecular flexibility index (Phi) is 4.22. The molecule has 0 spiro atoms. The molecule has 0 aliphatic heterocycles. The van der Waals surface area contributed by atoms with Crippen LogP contribution < -0.4 is 5.32 Å². The van der Waals surface area contributed by atoms with E-state index in [9.17, 15) is 4.39 Å². The Hall–Kier alpha value is -2.25. The predicted octanol–water partition coefficient (Wildman–Crippen LogP) is 2.69. The van der Waals surface area contributed by atoms with Gasteiger partial charge in [0.25, 0.3) is 0 Å². The van der Waals surface area contributed by atoms with E-state index in [0.717, 1.165) is 11.3 Å². The Bertz CT molecular complexity index is 617. The van der Waals surface area contributed by atoms with Gasteiger partial charge >= 0.3 is 0 Å². The van der Waals surface area contributed by atoms with Crippen molar-refractivity contribution < 1.29 is 4.39 Å². The molecule has 19 heavy (non-hydrogen) atoms. The van der Waals surface area contributed by atoms with Gasteiger partial charge in [-0.15, -0.1) is 0 Å². The maximum absolute atomic E-state index is 13.5. The maximum atomic E-state index is 13.5. The van der Waals surface area contributed by atoms with Gasteiger partial charge in [0.1, 0.15) is 5.82 Å². The zero-order valence-corrected chi connectivity index (χ0v) is 10.7. The second-order valence-electron chi connectivity index (χ2n) is 4.29. The standard InChI is InChI=1S/C15H14FN3/c1-11-3-2-6-19-15(11)10-18-9-13-7-12(8-17)4-5-14(13)16/h2-7,18H,9-10H2,1H3. The number of halogens is 1. The smallest absolute Gasteiger partial charge is 0.127 e. The lowest BCUT2D eigenvalue weighted by Gasteiger charge is -2.07. The molecule has 0 saturated heterocycles. The van der Waals surface area contributed by atoms with Crippen molar-refractivity contribution in [1.82, 2.24) is 10.3 Å². The molecule has 0 fully saturated rings. The van der Waals surface area contributed by atoms with Gasteiger partial charge in [0.05, 0.1) is 17.3 Å². The van der Waals surface area contributed by atoms with Crippen LogP contribution >= 0.6 is 0 Å². The van der Waals surface area contributed by atoms with Crippen molar-refractivity contribution in [2.75, 3.05) is 0 Å². The van der Waals surface area contributed by atoms with Crippen molar-refractivity contribution in [3.8, 4) is 6.07 Å². The average Bonchev–Trinajstić information content (AvgIpc) is 2.43. The first kappa shape index (κ1) is 13.2. The zero-order chi connectivity index (χ0) is 13.7. The van der Waals surface area contributed by atoms with Gasteiger partial charge in [0, 0.05) is 24.8 Å². The molecule has 96 valence electrons. The van der Waals surface area contributed by atoms with Crippen molar-refractivity contribution >= 4 is 0 Å². The Morgan fingerprint density at radius 1 is 1.32 bits per heavy atom. The van der Waals surface area contributed by atoms with Crippen molar-refractivity contribution in [2.45, 2.75) is 20.0 Å². The molecule has 0 unspecified atom stereocenters. The Morgan fingerprint density at radius 3 is 2.89 bits per heavy atom. The predicted molar refractivity (Wildman–Crippen MR) is 70.6 cm³/mol. The van der Waals surface area contributed by atoms with Crippen LogP contribution in [0.15, 0.2) is 36.5 Å². The molecule has 4 heteroatoms. The van der Waals surface area contributed by atoms with E-state index in [2.05, 4.69) is 10.3 Å². The minimum Gasteiger partial charge on any atom is -0.307 e. The SMILES string of the molecule is Cc1cccnc1CNCc1cc(C#N)ccc1F. The number of hydrogen-bond donors (Lipinski definition) is 1. The van der Waals surface area contributed by atoms with E-state index in [4.69, 9.17) is 5.26 Å². The van der Waals surface area contributed by atoms with Crippen LogP contribution in [0, 0.1) is 24.1 Å². The number of nitrogens with zero attached hydrogens (tertiary/aromatic N) is 2. The van der Waals surface area contributed by atoms with Gasteiger partial charge in [-0.25, -0.2) is 4.39 Å². The van der Waals surface area contributed by atoms with Crippen LogP contribution in [0.4, 0.5) is 4.39 Å². The topological polar surface area (TPSA) is 48.7 Å². The lowest BCUT2D eigenvalue weighted by Crippen LogP contribution is -2.15. The highest BCUT2D eigenvalue weighted by Gasteiger charge is 2.04. The summed E-state index contributed by atoms with van der Waals surface area (Å²) in [5.74, 6) is -0.302. The summed E-state index contributed by atoms with van der Waals surface area (Å²) in [6.07, 6.45) is 1.74. The molecule has 0 amide bonds. The summed E-state index contributed by atoms with van der Waals surface area (Å²) >= 11 is 0. The average molecular weight is 255 g/mol. The van der Waals surface area contributed by atoms with E-state index in [-0.39, 0.29) is 5.82 Å². The fourth-order valence-corrected chi connectivity index (χ4v) is 1.80. The van der Waals surface area contributed by atoms with E-state index in [1.807, 2.05) is 25.1 Å². The van der Waals surface area contributed by atoms with Crippen molar-refractivity contribution in [3.05, 3.63) is 64.7 Å². The third kappa shape index (κ3) is 3.36. The van der Waals surface area contributed by atoms with Crippen LogP contribution in [0.2, 0.25) is 0 Å². The van der Waals surface area contributed by atoms with Crippen molar-refractivity contribution in [2.24, 2.45) is 0 Å². The first-order chi connectivity index (χ1) is 9.20. The molecule has 0 aliphatic carbocycles. The highest BCUT2D eigenvalue weighted by atomic mass is 19.1. The molecule has 3 nitrogen and oxygen atoms in total.